The number of amides is 3. The average Bonchev–Trinajstić information content (AvgIpc) is 2.71. The molecule has 9 heteroatoms. The first-order chi connectivity index (χ1) is 15.0. The summed E-state index contributed by atoms with van der Waals surface area (Å²) in [6.45, 7) is 8.72. The molecule has 9 nitrogen and oxygen atoms in total. The van der Waals surface area contributed by atoms with Gasteiger partial charge in [-0.2, -0.15) is 0 Å². The predicted molar refractivity (Wildman–Crippen MR) is 121 cm³/mol. The summed E-state index contributed by atoms with van der Waals surface area (Å²) in [6.07, 6.45) is 1.91. The van der Waals surface area contributed by atoms with Crippen LogP contribution in [-0.4, -0.2) is 64.4 Å². The van der Waals surface area contributed by atoms with Gasteiger partial charge < -0.3 is 30.5 Å². The van der Waals surface area contributed by atoms with Crippen LogP contribution >= 0.6 is 0 Å². The maximum atomic E-state index is 13.2. The Morgan fingerprint density at radius 1 is 1.16 bits per heavy atom. The molecule has 0 spiro atoms. The Morgan fingerprint density at radius 2 is 1.84 bits per heavy atom. The van der Waals surface area contributed by atoms with Crippen molar-refractivity contribution in [3.63, 3.8) is 0 Å². The van der Waals surface area contributed by atoms with Gasteiger partial charge in [0.25, 0.3) is 0 Å². The highest BCUT2D eigenvalue weighted by Crippen LogP contribution is 2.25. The van der Waals surface area contributed by atoms with Gasteiger partial charge in [-0.3, -0.25) is 9.59 Å². The van der Waals surface area contributed by atoms with Gasteiger partial charge in [0.05, 0.1) is 6.61 Å². The van der Waals surface area contributed by atoms with Gasteiger partial charge in [0, 0.05) is 13.1 Å². The molecule has 0 heterocycles. The highest BCUT2D eigenvalue weighted by atomic mass is 16.6. The van der Waals surface area contributed by atoms with E-state index in [1.54, 1.807) is 39.8 Å². The van der Waals surface area contributed by atoms with Crippen molar-refractivity contribution in [2.45, 2.75) is 71.6 Å². The maximum Gasteiger partial charge on any atom is 0.408 e. The van der Waals surface area contributed by atoms with Crippen LogP contribution in [0.3, 0.4) is 0 Å². The molecular formula is C23H37N3O6. The number of alkyl carbamates (subject to hydrolysis) is 1. The maximum absolute atomic E-state index is 13.2. The Kier molecular flexibility index (Phi) is 11.0. The van der Waals surface area contributed by atoms with Crippen molar-refractivity contribution >= 4 is 17.9 Å². The van der Waals surface area contributed by atoms with Crippen molar-refractivity contribution < 1.29 is 29.3 Å². The largest absolute Gasteiger partial charge is 0.508 e. The molecule has 4 N–H and O–H groups in total. The van der Waals surface area contributed by atoms with Crippen LogP contribution in [0, 0.1) is 0 Å². The van der Waals surface area contributed by atoms with Crippen LogP contribution in [-0.2, 0) is 14.3 Å². The number of aliphatic hydroxyl groups is 1. The molecule has 0 saturated heterocycles. The van der Waals surface area contributed by atoms with E-state index in [2.05, 4.69) is 17.6 Å². The van der Waals surface area contributed by atoms with E-state index >= 15 is 0 Å². The predicted octanol–water partition coefficient (Wildman–Crippen LogP) is 2.47. The van der Waals surface area contributed by atoms with E-state index in [1.807, 2.05) is 0 Å². The van der Waals surface area contributed by atoms with Crippen molar-refractivity contribution in [3.8, 4) is 5.75 Å². The third-order valence-electron chi connectivity index (χ3n) is 4.62. The molecule has 1 aromatic carbocycles. The number of hydrogen-bond donors (Lipinski definition) is 4. The number of rotatable bonds is 11. The van der Waals surface area contributed by atoms with Crippen molar-refractivity contribution in [3.05, 3.63) is 29.8 Å². The molecule has 0 aromatic heterocycles. The molecule has 0 fully saturated rings. The van der Waals surface area contributed by atoms with E-state index in [-0.39, 0.29) is 12.3 Å². The lowest BCUT2D eigenvalue weighted by Crippen LogP contribution is -2.54. The molecule has 0 saturated carbocycles. The summed E-state index contributed by atoms with van der Waals surface area (Å²) in [5, 5.41) is 24.9. The van der Waals surface area contributed by atoms with Gasteiger partial charge in [-0.05, 0) is 51.8 Å². The van der Waals surface area contributed by atoms with Crippen molar-refractivity contribution in [2.24, 2.45) is 0 Å². The second kappa shape index (κ2) is 12.9. The first-order valence-corrected chi connectivity index (χ1v) is 11.0. The van der Waals surface area contributed by atoms with Crippen LogP contribution in [0.25, 0.3) is 0 Å². The van der Waals surface area contributed by atoms with E-state index in [1.165, 1.54) is 17.0 Å². The third-order valence-corrected chi connectivity index (χ3v) is 4.62. The van der Waals surface area contributed by atoms with Gasteiger partial charge in [0.1, 0.15) is 23.4 Å². The number of phenols is 1. The normalized spacial score (nSPS) is 13.1. The summed E-state index contributed by atoms with van der Waals surface area (Å²) < 4.78 is 5.17. The highest BCUT2D eigenvalue weighted by molar-refractivity contribution is 5.92. The van der Waals surface area contributed by atoms with E-state index in [4.69, 9.17) is 4.74 Å². The Morgan fingerprint density at radius 3 is 2.38 bits per heavy atom. The molecule has 2 unspecified atom stereocenters. The van der Waals surface area contributed by atoms with Gasteiger partial charge in [-0.25, -0.2) is 4.79 Å². The third kappa shape index (κ3) is 8.74. The van der Waals surface area contributed by atoms with Gasteiger partial charge in [0.15, 0.2) is 0 Å². The van der Waals surface area contributed by atoms with Crippen LogP contribution in [0.15, 0.2) is 24.3 Å². The number of aromatic hydroxyl groups is 1. The van der Waals surface area contributed by atoms with E-state index in [0.717, 1.165) is 19.3 Å². The highest BCUT2D eigenvalue weighted by Gasteiger charge is 2.35. The molecule has 1 aromatic rings. The lowest BCUT2D eigenvalue weighted by Gasteiger charge is -2.33. The molecule has 0 radical (unpaired) electrons. The zero-order chi connectivity index (χ0) is 24.3. The number of likely N-dealkylation sites (N-methyl/N-ethyl adjacent to an activating group) is 1. The minimum absolute atomic E-state index is 0.0413. The summed E-state index contributed by atoms with van der Waals surface area (Å²) >= 11 is 0. The molecule has 2 atom stereocenters. The van der Waals surface area contributed by atoms with E-state index in [9.17, 15) is 24.6 Å². The number of nitrogens with one attached hydrogen (secondary N) is 2. The zero-order valence-corrected chi connectivity index (χ0v) is 19.7. The number of nitrogens with zero attached hydrogens (tertiary/aromatic N) is 1. The van der Waals surface area contributed by atoms with Gasteiger partial charge >= 0.3 is 6.09 Å². The first-order valence-electron chi connectivity index (χ1n) is 11.0. The number of unbranched alkanes of at least 4 members (excludes halogenated alkanes) is 2. The summed E-state index contributed by atoms with van der Waals surface area (Å²) in [5.41, 5.74) is -0.359. The number of benzene rings is 1. The summed E-state index contributed by atoms with van der Waals surface area (Å²) in [7, 11) is 0. The van der Waals surface area contributed by atoms with Crippen molar-refractivity contribution in [2.75, 3.05) is 19.7 Å². The standard InChI is InChI=1S/C23H37N3O6/c1-6-8-9-13-24-20(29)19(16-11-10-12-17(28)14-16)26(7-2)21(30)18(15-27)25-22(31)32-23(3,4)5/h10-12,14,18-19,27-28H,6-9,13,15H2,1-5H3,(H,24,29)(H,25,31). The molecule has 0 aliphatic rings. The Bertz CT molecular complexity index is 762. The van der Waals surface area contributed by atoms with Gasteiger partial charge in [-0.15, -0.1) is 0 Å². The van der Waals surface area contributed by atoms with Crippen LogP contribution in [0.2, 0.25) is 0 Å². The Labute approximate surface area is 190 Å². The summed E-state index contributed by atoms with van der Waals surface area (Å²) in [5.74, 6) is -1.09. The zero-order valence-electron chi connectivity index (χ0n) is 19.7. The fraction of sp³-hybridized carbons (Fsp3) is 0.609. The molecular weight excluding hydrogens is 414 g/mol. The molecule has 0 bridgehead atoms. The first kappa shape index (κ1) is 27.2. The smallest absolute Gasteiger partial charge is 0.408 e. The van der Waals surface area contributed by atoms with Crippen molar-refractivity contribution in [1.29, 1.82) is 0 Å². The van der Waals surface area contributed by atoms with Crippen LogP contribution < -0.4 is 10.6 Å². The fourth-order valence-corrected chi connectivity index (χ4v) is 3.15. The summed E-state index contributed by atoms with van der Waals surface area (Å²) in [4.78, 5) is 39.7. The number of phenolic OH excluding ortho intramolecular Hbond substituents is 1. The topological polar surface area (TPSA) is 128 Å². The van der Waals surface area contributed by atoms with Crippen LogP contribution in [0.5, 0.6) is 5.75 Å². The number of hydrogen-bond acceptors (Lipinski definition) is 6. The number of ether oxygens (including phenoxy) is 1. The Balaban J connectivity index is 3.15. The summed E-state index contributed by atoms with van der Waals surface area (Å²) in [6, 6.07) is 3.78. The average molecular weight is 452 g/mol. The van der Waals surface area contributed by atoms with Crippen LogP contribution in [0.4, 0.5) is 4.79 Å². The monoisotopic (exact) mass is 451 g/mol. The lowest BCUT2D eigenvalue weighted by molar-refractivity contribution is -0.143. The van der Waals surface area contributed by atoms with E-state index in [0.29, 0.717) is 12.1 Å². The molecule has 180 valence electrons. The fourth-order valence-electron chi connectivity index (χ4n) is 3.15. The molecule has 1 rings (SSSR count). The minimum atomic E-state index is -1.29. The number of carbonyl (C=O) groups excluding carboxylic acids is 3. The minimum Gasteiger partial charge on any atom is -0.508 e. The van der Waals surface area contributed by atoms with E-state index < -0.39 is 42.2 Å². The molecule has 0 aliphatic carbocycles. The second-order valence-electron chi connectivity index (χ2n) is 8.50. The SMILES string of the molecule is CCCCCNC(=O)C(c1cccc(O)c1)N(CC)C(=O)C(CO)NC(=O)OC(C)(C)C. The quantitative estimate of drug-likeness (QED) is 0.383. The van der Waals surface area contributed by atoms with Crippen LogP contribution in [0.1, 0.15) is 65.5 Å². The number of aliphatic hydroxyl groups excluding tert-OH is 1. The van der Waals surface area contributed by atoms with Gasteiger partial charge in [0.2, 0.25) is 11.8 Å². The molecule has 3 amide bonds. The molecule has 32 heavy (non-hydrogen) atoms. The number of carbonyl (C=O) groups is 3. The Hall–Kier alpha value is -2.81. The lowest BCUT2D eigenvalue weighted by atomic mass is 10.0. The van der Waals surface area contributed by atoms with Gasteiger partial charge in [-0.1, -0.05) is 31.9 Å². The van der Waals surface area contributed by atoms with Crippen molar-refractivity contribution in [1.82, 2.24) is 15.5 Å². The second-order valence-corrected chi connectivity index (χ2v) is 8.50. The molecule has 0 aliphatic heterocycles.